The number of benzene rings is 1. The average molecular weight is 398 g/mol. The zero-order chi connectivity index (χ0) is 19.7. The second-order valence-corrected chi connectivity index (χ2v) is 8.29. The average Bonchev–Trinajstić information content (AvgIpc) is 3.15. The standard InChI is InChI=1S/C20H22N4O3S/c1-13-10-16(27-22-13)12-19(25)23-6-3-7-24(9-8-23)20(26)15-4-5-18-17(11-15)21-14(2)28-18/h4-5,10-11H,3,6-9,12H2,1-2H3. The van der Waals surface area contributed by atoms with Crippen LogP contribution in [0.5, 0.6) is 0 Å². The van der Waals surface area contributed by atoms with Crippen molar-refractivity contribution < 1.29 is 14.1 Å². The van der Waals surface area contributed by atoms with Crippen molar-refractivity contribution in [1.82, 2.24) is 19.9 Å². The Hall–Kier alpha value is -2.74. The molecule has 8 heteroatoms. The summed E-state index contributed by atoms with van der Waals surface area (Å²) in [6, 6.07) is 7.46. The molecule has 2 aromatic heterocycles. The molecule has 0 N–H and O–H groups in total. The van der Waals surface area contributed by atoms with Gasteiger partial charge in [0.15, 0.2) is 0 Å². The van der Waals surface area contributed by atoms with Crippen molar-refractivity contribution in [3.8, 4) is 0 Å². The van der Waals surface area contributed by atoms with E-state index in [-0.39, 0.29) is 18.2 Å². The van der Waals surface area contributed by atoms with Gasteiger partial charge >= 0.3 is 0 Å². The summed E-state index contributed by atoms with van der Waals surface area (Å²) in [5, 5.41) is 4.81. The molecule has 0 saturated carbocycles. The molecular formula is C20H22N4O3S. The molecule has 1 aliphatic rings. The van der Waals surface area contributed by atoms with E-state index in [0.29, 0.717) is 37.5 Å². The fourth-order valence-corrected chi connectivity index (χ4v) is 4.30. The Morgan fingerprint density at radius 1 is 1.11 bits per heavy atom. The first-order valence-electron chi connectivity index (χ1n) is 9.36. The van der Waals surface area contributed by atoms with Gasteiger partial charge in [0.2, 0.25) is 5.91 Å². The van der Waals surface area contributed by atoms with Crippen molar-refractivity contribution in [3.63, 3.8) is 0 Å². The molecule has 28 heavy (non-hydrogen) atoms. The zero-order valence-electron chi connectivity index (χ0n) is 16.0. The largest absolute Gasteiger partial charge is 0.361 e. The van der Waals surface area contributed by atoms with Gasteiger partial charge in [-0.1, -0.05) is 5.16 Å². The number of rotatable bonds is 3. The van der Waals surface area contributed by atoms with Crippen LogP contribution in [-0.4, -0.2) is 57.9 Å². The fraction of sp³-hybridized carbons (Fsp3) is 0.400. The van der Waals surface area contributed by atoms with Crippen molar-refractivity contribution in [2.45, 2.75) is 26.7 Å². The smallest absolute Gasteiger partial charge is 0.253 e. The van der Waals surface area contributed by atoms with E-state index >= 15 is 0 Å². The lowest BCUT2D eigenvalue weighted by atomic mass is 10.2. The Kier molecular flexibility index (Phi) is 5.13. The van der Waals surface area contributed by atoms with Gasteiger partial charge in [0, 0.05) is 37.8 Å². The van der Waals surface area contributed by atoms with Crippen molar-refractivity contribution in [2.75, 3.05) is 26.2 Å². The van der Waals surface area contributed by atoms with Gasteiger partial charge in [0.05, 0.1) is 27.3 Å². The Morgan fingerprint density at radius 3 is 2.68 bits per heavy atom. The van der Waals surface area contributed by atoms with Crippen molar-refractivity contribution >= 4 is 33.4 Å². The van der Waals surface area contributed by atoms with E-state index in [1.807, 2.05) is 36.9 Å². The highest BCUT2D eigenvalue weighted by atomic mass is 32.1. The predicted molar refractivity (Wildman–Crippen MR) is 106 cm³/mol. The third-order valence-electron chi connectivity index (χ3n) is 4.88. The molecule has 0 radical (unpaired) electrons. The van der Waals surface area contributed by atoms with Crippen LogP contribution in [0.15, 0.2) is 28.8 Å². The minimum Gasteiger partial charge on any atom is -0.361 e. The van der Waals surface area contributed by atoms with Crippen LogP contribution < -0.4 is 0 Å². The van der Waals surface area contributed by atoms with Gasteiger partial charge in [-0.15, -0.1) is 11.3 Å². The number of aromatic nitrogens is 2. The lowest BCUT2D eigenvalue weighted by molar-refractivity contribution is -0.130. The highest BCUT2D eigenvalue weighted by Crippen LogP contribution is 2.23. The molecule has 1 aliphatic heterocycles. The first-order chi connectivity index (χ1) is 13.5. The minimum absolute atomic E-state index is 0.00446. The molecule has 1 fully saturated rings. The van der Waals surface area contributed by atoms with Gasteiger partial charge in [-0.05, 0) is 38.5 Å². The maximum atomic E-state index is 12.9. The van der Waals surface area contributed by atoms with Crippen LogP contribution in [0.25, 0.3) is 10.2 Å². The predicted octanol–water partition coefficient (Wildman–Crippen LogP) is 2.82. The number of amides is 2. The number of fused-ring (bicyclic) bond motifs is 1. The lowest BCUT2D eigenvalue weighted by Crippen LogP contribution is -2.37. The summed E-state index contributed by atoms with van der Waals surface area (Å²) in [6.45, 7) is 6.12. The van der Waals surface area contributed by atoms with Gasteiger partial charge in [0.25, 0.3) is 5.91 Å². The highest BCUT2D eigenvalue weighted by molar-refractivity contribution is 7.18. The molecule has 3 heterocycles. The molecule has 4 rings (SSSR count). The number of hydrogen-bond donors (Lipinski definition) is 0. The fourth-order valence-electron chi connectivity index (χ4n) is 3.49. The van der Waals surface area contributed by atoms with Crippen LogP contribution in [0.4, 0.5) is 0 Å². The third-order valence-corrected chi connectivity index (χ3v) is 5.83. The summed E-state index contributed by atoms with van der Waals surface area (Å²) in [5.41, 5.74) is 2.28. The van der Waals surface area contributed by atoms with E-state index in [4.69, 9.17) is 4.52 Å². The Bertz CT molecular complexity index is 1030. The Morgan fingerprint density at radius 2 is 1.89 bits per heavy atom. The van der Waals surface area contributed by atoms with E-state index < -0.39 is 0 Å². The van der Waals surface area contributed by atoms with Gasteiger partial charge in [-0.2, -0.15) is 0 Å². The summed E-state index contributed by atoms with van der Waals surface area (Å²) >= 11 is 1.62. The van der Waals surface area contributed by atoms with Crippen molar-refractivity contribution in [1.29, 1.82) is 0 Å². The van der Waals surface area contributed by atoms with E-state index in [1.54, 1.807) is 22.3 Å². The van der Waals surface area contributed by atoms with Crippen LogP contribution in [0.2, 0.25) is 0 Å². The van der Waals surface area contributed by atoms with Crippen LogP contribution in [-0.2, 0) is 11.2 Å². The van der Waals surface area contributed by atoms with Crippen LogP contribution >= 0.6 is 11.3 Å². The molecule has 2 amide bonds. The molecule has 0 aliphatic carbocycles. The summed E-state index contributed by atoms with van der Waals surface area (Å²) in [6.07, 6.45) is 0.958. The number of aryl methyl sites for hydroxylation is 2. The minimum atomic E-state index is -0.00675. The van der Waals surface area contributed by atoms with E-state index in [0.717, 1.165) is 27.3 Å². The SMILES string of the molecule is Cc1cc(CC(=O)N2CCCN(C(=O)c3ccc4sc(C)nc4c3)CC2)on1. The monoisotopic (exact) mass is 398 g/mol. The maximum absolute atomic E-state index is 12.9. The second-order valence-electron chi connectivity index (χ2n) is 7.05. The maximum Gasteiger partial charge on any atom is 0.253 e. The van der Waals surface area contributed by atoms with Crippen LogP contribution in [0.1, 0.15) is 33.2 Å². The van der Waals surface area contributed by atoms with Gasteiger partial charge in [-0.3, -0.25) is 9.59 Å². The second kappa shape index (κ2) is 7.71. The number of carbonyl (C=O) groups excluding carboxylic acids is 2. The van der Waals surface area contributed by atoms with E-state index in [1.165, 1.54) is 0 Å². The zero-order valence-corrected chi connectivity index (χ0v) is 16.8. The van der Waals surface area contributed by atoms with Crippen LogP contribution in [0, 0.1) is 13.8 Å². The van der Waals surface area contributed by atoms with E-state index in [2.05, 4.69) is 10.1 Å². The number of carbonyl (C=O) groups is 2. The highest BCUT2D eigenvalue weighted by Gasteiger charge is 2.24. The topological polar surface area (TPSA) is 79.5 Å². The molecule has 7 nitrogen and oxygen atoms in total. The summed E-state index contributed by atoms with van der Waals surface area (Å²) in [7, 11) is 0. The molecule has 1 saturated heterocycles. The Labute approximate surface area is 166 Å². The summed E-state index contributed by atoms with van der Waals surface area (Å²) in [4.78, 5) is 33.6. The van der Waals surface area contributed by atoms with Gasteiger partial charge < -0.3 is 14.3 Å². The summed E-state index contributed by atoms with van der Waals surface area (Å²) < 4.78 is 6.23. The van der Waals surface area contributed by atoms with Crippen molar-refractivity contribution in [2.24, 2.45) is 0 Å². The number of hydrogen-bond acceptors (Lipinski definition) is 6. The third kappa shape index (κ3) is 3.91. The van der Waals surface area contributed by atoms with Gasteiger partial charge in [0.1, 0.15) is 5.76 Å². The number of thiazole rings is 1. The lowest BCUT2D eigenvalue weighted by Gasteiger charge is -2.22. The molecule has 0 unspecified atom stereocenters. The molecular weight excluding hydrogens is 376 g/mol. The van der Waals surface area contributed by atoms with Gasteiger partial charge in [-0.25, -0.2) is 4.98 Å². The van der Waals surface area contributed by atoms with E-state index in [9.17, 15) is 9.59 Å². The quantitative estimate of drug-likeness (QED) is 0.678. The van der Waals surface area contributed by atoms with Crippen molar-refractivity contribution in [3.05, 3.63) is 46.3 Å². The molecule has 0 spiro atoms. The first kappa shape index (κ1) is 18.6. The van der Waals surface area contributed by atoms with Crippen LogP contribution in [0.3, 0.4) is 0 Å². The molecule has 146 valence electrons. The molecule has 0 atom stereocenters. The molecule has 0 bridgehead atoms. The Balaban J connectivity index is 1.41. The molecule has 1 aromatic carbocycles. The normalized spacial score (nSPS) is 15.1. The summed E-state index contributed by atoms with van der Waals surface area (Å²) in [5.74, 6) is 0.573. The first-order valence-corrected chi connectivity index (χ1v) is 10.2. The number of nitrogens with zero attached hydrogens (tertiary/aromatic N) is 4. The molecule has 3 aromatic rings.